The van der Waals surface area contributed by atoms with Gasteiger partial charge in [-0.3, -0.25) is 4.79 Å². The van der Waals surface area contributed by atoms with E-state index in [1.54, 1.807) is 16.2 Å². The maximum atomic E-state index is 13.8. The monoisotopic (exact) mass is 389 g/mol. The van der Waals surface area contributed by atoms with Gasteiger partial charge in [0.1, 0.15) is 17.0 Å². The highest BCUT2D eigenvalue weighted by atomic mass is 79.9. The zero-order valence-electron chi connectivity index (χ0n) is 10.7. The van der Waals surface area contributed by atoms with Crippen molar-refractivity contribution in [2.45, 2.75) is 11.9 Å². The lowest BCUT2D eigenvalue weighted by atomic mass is 10.2. The van der Waals surface area contributed by atoms with Gasteiger partial charge in [-0.2, -0.15) is 0 Å². The van der Waals surface area contributed by atoms with E-state index in [4.69, 9.17) is 0 Å². The molecule has 110 valence electrons. The fourth-order valence-electron chi connectivity index (χ4n) is 2.16. The number of carbonyl (C=O) groups excluding carboxylic acids is 1. The summed E-state index contributed by atoms with van der Waals surface area (Å²) in [4.78, 5) is 14.7. The first-order valence-corrected chi connectivity index (χ1v) is 8.80. The first-order chi connectivity index (χ1) is 10.0. The molecule has 0 N–H and O–H groups in total. The van der Waals surface area contributed by atoms with Crippen molar-refractivity contribution in [2.75, 3.05) is 5.75 Å². The standard InChI is InChI=1S/C14H10BrF2NOS2/c15-12-4-3-11(21-12)14-18(13(19)7-20-14)6-8-1-2-9(16)5-10(8)17/h1-5,14H,6-7H2. The van der Waals surface area contributed by atoms with E-state index >= 15 is 0 Å². The van der Waals surface area contributed by atoms with Crippen molar-refractivity contribution < 1.29 is 13.6 Å². The normalized spacial score (nSPS) is 18.5. The molecule has 1 saturated heterocycles. The average molecular weight is 390 g/mol. The minimum absolute atomic E-state index is 0.0294. The number of rotatable bonds is 3. The van der Waals surface area contributed by atoms with Gasteiger partial charge in [0.15, 0.2) is 0 Å². The molecule has 1 aromatic heterocycles. The first kappa shape index (κ1) is 15.0. The van der Waals surface area contributed by atoms with Gasteiger partial charge < -0.3 is 4.90 Å². The Labute approximate surface area is 137 Å². The molecule has 2 heterocycles. The molecule has 0 radical (unpaired) electrons. The highest BCUT2D eigenvalue weighted by Gasteiger charge is 2.34. The van der Waals surface area contributed by atoms with Crippen molar-refractivity contribution in [3.05, 3.63) is 56.2 Å². The third-order valence-electron chi connectivity index (χ3n) is 3.16. The second-order valence-corrected chi connectivity index (χ2v) is 8.13. The van der Waals surface area contributed by atoms with Crippen molar-refractivity contribution in [2.24, 2.45) is 0 Å². The molecular weight excluding hydrogens is 380 g/mol. The summed E-state index contributed by atoms with van der Waals surface area (Å²) in [6.07, 6.45) is 0. The lowest BCUT2D eigenvalue weighted by Crippen LogP contribution is -2.27. The first-order valence-electron chi connectivity index (χ1n) is 6.15. The minimum atomic E-state index is -0.620. The summed E-state index contributed by atoms with van der Waals surface area (Å²) in [5, 5.41) is -0.113. The van der Waals surface area contributed by atoms with Crippen LogP contribution in [0.25, 0.3) is 0 Å². The molecule has 21 heavy (non-hydrogen) atoms. The number of thioether (sulfide) groups is 1. The lowest BCUT2D eigenvalue weighted by molar-refractivity contribution is -0.128. The van der Waals surface area contributed by atoms with Crippen molar-refractivity contribution in [1.82, 2.24) is 4.90 Å². The summed E-state index contributed by atoms with van der Waals surface area (Å²) in [5.74, 6) is -0.885. The van der Waals surface area contributed by atoms with E-state index in [0.29, 0.717) is 11.3 Å². The molecule has 0 aliphatic carbocycles. The summed E-state index contributed by atoms with van der Waals surface area (Å²) in [6.45, 7) is 0.151. The Bertz CT molecular complexity index is 691. The van der Waals surface area contributed by atoms with Crippen LogP contribution in [0.4, 0.5) is 8.78 Å². The Hall–Kier alpha value is -0.920. The fourth-order valence-corrected chi connectivity index (χ4v) is 5.00. The van der Waals surface area contributed by atoms with Crippen LogP contribution in [0, 0.1) is 11.6 Å². The molecule has 1 amide bonds. The molecule has 0 bridgehead atoms. The maximum absolute atomic E-state index is 13.8. The molecule has 1 aliphatic heterocycles. The van der Waals surface area contributed by atoms with E-state index in [1.807, 2.05) is 12.1 Å². The predicted molar refractivity (Wildman–Crippen MR) is 84.1 cm³/mol. The van der Waals surface area contributed by atoms with Crippen LogP contribution in [0.15, 0.2) is 34.1 Å². The summed E-state index contributed by atoms with van der Waals surface area (Å²) in [5.41, 5.74) is 0.327. The largest absolute Gasteiger partial charge is 0.321 e. The van der Waals surface area contributed by atoms with E-state index in [1.165, 1.54) is 23.9 Å². The lowest BCUT2D eigenvalue weighted by Gasteiger charge is -2.23. The summed E-state index contributed by atoms with van der Waals surface area (Å²) in [6, 6.07) is 7.34. The van der Waals surface area contributed by atoms with E-state index in [-0.39, 0.29) is 17.8 Å². The Morgan fingerprint density at radius 2 is 2.10 bits per heavy atom. The van der Waals surface area contributed by atoms with Crippen molar-refractivity contribution in [1.29, 1.82) is 0 Å². The molecule has 0 saturated carbocycles. The van der Waals surface area contributed by atoms with Gasteiger partial charge in [0.2, 0.25) is 5.91 Å². The van der Waals surface area contributed by atoms with E-state index in [9.17, 15) is 13.6 Å². The van der Waals surface area contributed by atoms with Gasteiger partial charge >= 0.3 is 0 Å². The number of nitrogens with zero attached hydrogens (tertiary/aromatic N) is 1. The van der Waals surface area contributed by atoms with Crippen LogP contribution in [0.2, 0.25) is 0 Å². The molecule has 1 aliphatic rings. The zero-order chi connectivity index (χ0) is 15.0. The van der Waals surface area contributed by atoms with Gasteiger partial charge in [-0.25, -0.2) is 8.78 Å². The van der Waals surface area contributed by atoms with Gasteiger partial charge in [0.05, 0.1) is 16.1 Å². The van der Waals surface area contributed by atoms with E-state index in [2.05, 4.69) is 15.9 Å². The minimum Gasteiger partial charge on any atom is -0.321 e. The van der Waals surface area contributed by atoms with Gasteiger partial charge in [0.25, 0.3) is 0 Å². The number of benzene rings is 1. The van der Waals surface area contributed by atoms with Crippen molar-refractivity contribution >= 4 is 44.9 Å². The number of halogens is 3. The zero-order valence-corrected chi connectivity index (χ0v) is 13.9. The molecule has 7 heteroatoms. The maximum Gasteiger partial charge on any atom is 0.234 e. The van der Waals surface area contributed by atoms with Crippen LogP contribution in [0.5, 0.6) is 0 Å². The number of carbonyl (C=O) groups is 1. The second kappa shape index (κ2) is 6.06. The predicted octanol–water partition coefficient (Wildman–Crippen LogP) is 4.56. The van der Waals surface area contributed by atoms with Gasteiger partial charge in [-0.05, 0) is 34.1 Å². The van der Waals surface area contributed by atoms with Gasteiger partial charge in [-0.1, -0.05) is 6.07 Å². The second-order valence-electron chi connectivity index (χ2n) is 4.56. The van der Waals surface area contributed by atoms with E-state index in [0.717, 1.165) is 14.7 Å². The molecule has 1 aromatic carbocycles. The average Bonchev–Trinajstić information content (AvgIpc) is 3.00. The number of amides is 1. The van der Waals surface area contributed by atoms with Crippen LogP contribution in [0.3, 0.4) is 0 Å². The smallest absolute Gasteiger partial charge is 0.234 e. The molecule has 1 fully saturated rings. The molecule has 1 atom stereocenters. The van der Waals surface area contributed by atoms with E-state index < -0.39 is 11.6 Å². The van der Waals surface area contributed by atoms with Crippen LogP contribution < -0.4 is 0 Å². The molecule has 2 nitrogen and oxygen atoms in total. The molecule has 1 unspecified atom stereocenters. The number of hydrogen-bond donors (Lipinski definition) is 0. The highest BCUT2D eigenvalue weighted by molar-refractivity contribution is 9.11. The van der Waals surface area contributed by atoms with Gasteiger partial charge in [0, 0.05) is 16.5 Å². The topological polar surface area (TPSA) is 20.3 Å². The third-order valence-corrected chi connectivity index (χ3v) is 6.22. The number of thiophene rings is 1. The molecule has 2 aromatic rings. The Balaban J connectivity index is 1.86. The number of hydrogen-bond acceptors (Lipinski definition) is 3. The molecule has 0 spiro atoms. The van der Waals surface area contributed by atoms with Crippen LogP contribution in [-0.4, -0.2) is 16.6 Å². The van der Waals surface area contributed by atoms with Crippen molar-refractivity contribution in [3.8, 4) is 0 Å². The SMILES string of the molecule is O=C1CSC(c2ccc(Br)s2)N1Cc1ccc(F)cc1F. The Kier molecular flexibility index (Phi) is 4.33. The third kappa shape index (κ3) is 3.14. The van der Waals surface area contributed by atoms with Crippen molar-refractivity contribution in [3.63, 3.8) is 0 Å². The Morgan fingerprint density at radius 3 is 2.76 bits per heavy atom. The summed E-state index contributed by atoms with van der Waals surface area (Å²) in [7, 11) is 0. The van der Waals surface area contributed by atoms with Crippen LogP contribution in [0.1, 0.15) is 15.8 Å². The Morgan fingerprint density at radius 1 is 1.29 bits per heavy atom. The molecular formula is C14H10BrF2NOS2. The van der Waals surface area contributed by atoms with Crippen LogP contribution >= 0.6 is 39.0 Å². The van der Waals surface area contributed by atoms with Crippen LogP contribution in [-0.2, 0) is 11.3 Å². The fraction of sp³-hybridized carbons (Fsp3) is 0.214. The summed E-state index contributed by atoms with van der Waals surface area (Å²) < 4.78 is 27.7. The molecule has 3 rings (SSSR count). The summed E-state index contributed by atoms with van der Waals surface area (Å²) >= 11 is 6.48. The quantitative estimate of drug-likeness (QED) is 0.766. The highest BCUT2D eigenvalue weighted by Crippen LogP contribution is 2.43. The van der Waals surface area contributed by atoms with Gasteiger partial charge in [-0.15, -0.1) is 23.1 Å².